The zero-order valence-electron chi connectivity index (χ0n) is 17.7. The molecule has 2 aromatic carbocycles. The number of benzene rings is 2. The van der Waals surface area contributed by atoms with Crippen molar-refractivity contribution < 1.29 is 18.9 Å². The second kappa shape index (κ2) is 8.53. The van der Waals surface area contributed by atoms with E-state index in [9.17, 15) is 0 Å². The number of aromatic nitrogens is 4. The van der Waals surface area contributed by atoms with E-state index in [1.807, 2.05) is 24.3 Å². The minimum Gasteiger partial charge on any atom is -0.454 e. The number of nitrogens with one attached hydrogen (secondary N) is 2. The van der Waals surface area contributed by atoms with Gasteiger partial charge in [0.05, 0.1) is 30.9 Å². The monoisotopic (exact) mass is 477 g/mol. The van der Waals surface area contributed by atoms with Crippen molar-refractivity contribution in [1.82, 2.24) is 25.5 Å². The fourth-order valence-corrected chi connectivity index (χ4v) is 4.73. The fourth-order valence-electron chi connectivity index (χ4n) is 4.46. The van der Waals surface area contributed by atoms with Gasteiger partial charge in [-0.15, -0.1) is 5.10 Å². The molecule has 3 aliphatic rings. The van der Waals surface area contributed by atoms with Crippen LogP contribution >= 0.6 is 12.2 Å². The van der Waals surface area contributed by atoms with Crippen LogP contribution in [0, 0.1) is 11.3 Å². The number of hydrogen-bond acceptors (Lipinski definition) is 9. The van der Waals surface area contributed by atoms with Crippen molar-refractivity contribution in [3.63, 3.8) is 0 Å². The Kier molecular flexibility index (Phi) is 5.21. The molecule has 12 heteroatoms. The summed E-state index contributed by atoms with van der Waals surface area (Å²) in [4.78, 5) is 0. The SMILES string of the molecule is N#Cc1cccc(NC(=S)NC2COC3C2OCC3n2nnnc2-c2ccc3c(c2)OCO3)c1. The van der Waals surface area contributed by atoms with Crippen LogP contribution in [-0.4, -0.2) is 63.6 Å². The highest BCUT2D eigenvalue weighted by Gasteiger charge is 2.49. The lowest BCUT2D eigenvalue weighted by Gasteiger charge is -2.20. The number of rotatable bonds is 4. The average molecular weight is 478 g/mol. The number of nitrogens with zero attached hydrogens (tertiary/aromatic N) is 5. The van der Waals surface area contributed by atoms with E-state index in [4.69, 9.17) is 36.4 Å². The number of ether oxygens (including phenoxy) is 4. The van der Waals surface area contributed by atoms with Crippen LogP contribution in [0.1, 0.15) is 11.6 Å². The molecule has 2 saturated heterocycles. The van der Waals surface area contributed by atoms with Crippen LogP contribution in [0.2, 0.25) is 0 Å². The number of fused-ring (bicyclic) bond motifs is 2. The van der Waals surface area contributed by atoms with E-state index in [-0.39, 0.29) is 31.1 Å². The summed E-state index contributed by atoms with van der Waals surface area (Å²) in [7, 11) is 0. The van der Waals surface area contributed by atoms with Crippen LogP contribution in [0.25, 0.3) is 11.4 Å². The van der Waals surface area contributed by atoms with E-state index in [0.717, 1.165) is 11.3 Å². The molecule has 0 saturated carbocycles. The summed E-state index contributed by atoms with van der Waals surface area (Å²) in [5.41, 5.74) is 2.10. The average Bonchev–Trinajstić information content (AvgIpc) is 3.63. The lowest BCUT2D eigenvalue weighted by atomic mass is 10.1. The van der Waals surface area contributed by atoms with E-state index in [1.54, 1.807) is 22.9 Å². The van der Waals surface area contributed by atoms with Gasteiger partial charge in [0.25, 0.3) is 0 Å². The van der Waals surface area contributed by atoms with Crippen molar-refractivity contribution in [1.29, 1.82) is 5.26 Å². The zero-order chi connectivity index (χ0) is 23.1. The molecule has 2 fully saturated rings. The lowest BCUT2D eigenvalue weighted by molar-refractivity contribution is 0.0626. The Hall–Kier alpha value is -3.79. The number of thiocarbonyl (C=S) groups is 1. The van der Waals surface area contributed by atoms with Gasteiger partial charge in [0, 0.05) is 11.3 Å². The lowest BCUT2D eigenvalue weighted by Crippen LogP contribution is -2.45. The molecule has 4 unspecified atom stereocenters. The molecule has 0 aliphatic carbocycles. The normalized spacial score (nSPS) is 24.4. The third-order valence-electron chi connectivity index (χ3n) is 6.03. The Morgan fingerprint density at radius 1 is 1.09 bits per heavy atom. The van der Waals surface area contributed by atoms with E-state index in [2.05, 4.69) is 32.2 Å². The van der Waals surface area contributed by atoms with Gasteiger partial charge in [0.1, 0.15) is 18.2 Å². The highest BCUT2D eigenvalue weighted by Crippen LogP contribution is 2.38. The summed E-state index contributed by atoms with van der Waals surface area (Å²) < 4.78 is 24.8. The van der Waals surface area contributed by atoms with E-state index >= 15 is 0 Å². The molecule has 4 heterocycles. The number of anilines is 1. The van der Waals surface area contributed by atoms with Crippen LogP contribution in [-0.2, 0) is 9.47 Å². The maximum Gasteiger partial charge on any atom is 0.231 e. The van der Waals surface area contributed by atoms with Gasteiger partial charge in [0.2, 0.25) is 6.79 Å². The minimum atomic E-state index is -0.238. The molecule has 34 heavy (non-hydrogen) atoms. The van der Waals surface area contributed by atoms with Crippen molar-refractivity contribution in [2.75, 3.05) is 25.3 Å². The van der Waals surface area contributed by atoms with Crippen LogP contribution in [0.5, 0.6) is 11.5 Å². The topological polar surface area (TPSA) is 128 Å². The zero-order valence-corrected chi connectivity index (χ0v) is 18.6. The molecule has 0 bridgehead atoms. The molecule has 11 nitrogen and oxygen atoms in total. The summed E-state index contributed by atoms with van der Waals surface area (Å²) in [5, 5.41) is 28.2. The quantitative estimate of drug-likeness (QED) is 0.532. The summed E-state index contributed by atoms with van der Waals surface area (Å²) in [6.07, 6.45) is -0.456. The van der Waals surface area contributed by atoms with Crippen molar-refractivity contribution in [2.24, 2.45) is 0 Å². The van der Waals surface area contributed by atoms with Gasteiger partial charge < -0.3 is 29.6 Å². The van der Waals surface area contributed by atoms with Crippen molar-refractivity contribution in [2.45, 2.75) is 24.3 Å². The van der Waals surface area contributed by atoms with Crippen molar-refractivity contribution >= 4 is 23.0 Å². The molecule has 172 valence electrons. The Bertz CT molecular complexity index is 1290. The summed E-state index contributed by atoms with van der Waals surface area (Å²) in [6, 6.07) is 14.5. The van der Waals surface area contributed by atoms with Gasteiger partial charge in [-0.2, -0.15) is 5.26 Å². The second-order valence-corrected chi connectivity index (χ2v) is 8.48. The molecule has 0 spiro atoms. The highest BCUT2D eigenvalue weighted by atomic mass is 32.1. The van der Waals surface area contributed by atoms with Gasteiger partial charge >= 0.3 is 0 Å². The molecule has 6 rings (SSSR count). The second-order valence-electron chi connectivity index (χ2n) is 8.08. The first-order chi connectivity index (χ1) is 16.7. The largest absolute Gasteiger partial charge is 0.454 e. The predicted molar refractivity (Wildman–Crippen MR) is 122 cm³/mol. The van der Waals surface area contributed by atoms with E-state index in [1.165, 1.54) is 0 Å². The first kappa shape index (κ1) is 20.8. The Morgan fingerprint density at radius 3 is 2.88 bits per heavy atom. The first-order valence-corrected chi connectivity index (χ1v) is 11.1. The number of nitriles is 1. The van der Waals surface area contributed by atoms with Crippen molar-refractivity contribution in [3.05, 3.63) is 48.0 Å². The summed E-state index contributed by atoms with van der Waals surface area (Å²) >= 11 is 5.47. The molecule has 0 amide bonds. The maximum absolute atomic E-state index is 9.08. The fraction of sp³-hybridized carbons (Fsp3) is 0.318. The van der Waals surface area contributed by atoms with Crippen LogP contribution in [0.3, 0.4) is 0 Å². The highest BCUT2D eigenvalue weighted by molar-refractivity contribution is 7.80. The Labute approximate surface area is 199 Å². The van der Waals surface area contributed by atoms with Gasteiger partial charge in [-0.05, 0) is 59.0 Å². The molecule has 1 aromatic heterocycles. The standard InChI is InChI=1S/C22H19N7O4S/c23-8-12-2-1-3-14(6-12)24-22(34)25-15-9-30-20-16(10-31-19(15)20)29-21(26-27-28-29)13-4-5-17-18(7-13)33-11-32-17/h1-7,15-16,19-20H,9-11H2,(H2,24,25,34). The number of tetrazole rings is 1. The van der Waals surface area contributed by atoms with Crippen LogP contribution < -0.4 is 20.1 Å². The smallest absolute Gasteiger partial charge is 0.231 e. The van der Waals surface area contributed by atoms with Crippen molar-refractivity contribution in [3.8, 4) is 29.0 Å². The van der Waals surface area contributed by atoms with Gasteiger partial charge in [-0.25, -0.2) is 4.68 Å². The van der Waals surface area contributed by atoms with E-state index < -0.39 is 0 Å². The maximum atomic E-state index is 9.08. The van der Waals surface area contributed by atoms with E-state index in [0.29, 0.717) is 41.2 Å². The Morgan fingerprint density at radius 2 is 1.97 bits per heavy atom. The minimum absolute atomic E-state index is 0.139. The summed E-state index contributed by atoms with van der Waals surface area (Å²) in [6.45, 7) is 1.03. The first-order valence-electron chi connectivity index (χ1n) is 10.7. The third kappa shape index (κ3) is 3.69. The number of hydrogen-bond donors (Lipinski definition) is 2. The van der Waals surface area contributed by atoms with Crippen LogP contribution in [0.4, 0.5) is 5.69 Å². The predicted octanol–water partition coefficient (Wildman–Crippen LogP) is 1.63. The van der Waals surface area contributed by atoms with Gasteiger partial charge in [-0.3, -0.25) is 0 Å². The summed E-state index contributed by atoms with van der Waals surface area (Å²) in [5.74, 6) is 1.96. The molecular weight excluding hydrogens is 458 g/mol. The van der Waals surface area contributed by atoms with Gasteiger partial charge in [-0.1, -0.05) is 6.07 Å². The molecule has 3 aliphatic heterocycles. The Balaban J connectivity index is 1.15. The molecular formula is C22H19N7O4S. The molecule has 2 N–H and O–H groups in total. The van der Waals surface area contributed by atoms with Crippen LogP contribution in [0.15, 0.2) is 42.5 Å². The molecule has 4 atom stereocenters. The van der Waals surface area contributed by atoms with Gasteiger partial charge in [0.15, 0.2) is 22.4 Å². The third-order valence-corrected chi connectivity index (χ3v) is 6.25. The molecule has 0 radical (unpaired) electrons. The molecule has 3 aromatic rings.